The maximum atomic E-state index is 13.3. The first-order valence-electron chi connectivity index (χ1n) is 5.03. The van der Waals surface area contributed by atoms with Gasteiger partial charge in [-0.05, 0) is 0 Å². The summed E-state index contributed by atoms with van der Waals surface area (Å²) in [5.41, 5.74) is 5.34. The maximum Gasteiger partial charge on any atom is 0.228 e. The van der Waals surface area contributed by atoms with Gasteiger partial charge < -0.3 is 15.8 Å². The second-order valence-electron chi connectivity index (χ2n) is 3.60. The smallest absolute Gasteiger partial charge is 0.228 e. The van der Waals surface area contributed by atoms with Crippen molar-refractivity contribution in [3.63, 3.8) is 0 Å². The summed E-state index contributed by atoms with van der Waals surface area (Å²) < 4.78 is 31.1. The molecule has 0 bridgehead atoms. The molecule has 102 valence electrons. The zero-order valence-corrected chi connectivity index (χ0v) is 10.8. The molecule has 1 unspecified atom stereocenters. The molecular weight excluding hydrogens is 266 g/mol. The number of anilines is 1. The summed E-state index contributed by atoms with van der Waals surface area (Å²) >= 11 is 0. The van der Waals surface area contributed by atoms with Gasteiger partial charge in [0, 0.05) is 30.3 Å². The van der Waals surface area contributed by atoms with E-state index in [1.807, 2.05) is 0 Å². The SMILES string of the molecule is COc1c(F)cc(NC(=O)C(C)CN)cc1F.Cl. The van der Waals surface area contributed by atoms with Crippen molar-refractivity contribution in [2.45, 2.75) is 6.92 Å². The number of methoxy groups -OCH3 is 1. The number of hydrogen-bond donors (Lipinski definition) is 2. The van der Waals surface area contributed by atoms with Gasteiger partial charge >= 0.3 is 0 Å². The molecule has 0 fully saturated rings. The van der Waals surface area contributed by atoms with Crippen LogP contribution in [0.15, 0.2) is 12.1 Å². The Labute approximate surface area is 110 Å². The molecule has 1 amide bonds. The molecule has 0 heterocycles. The highest BCUT2D eigenvalue weighted by Crippen LogP contribution is 2.25. The van der Waals surface area contributed by atoms with E-state index in [2.05, 4.69) is 10.1 Å². The van der Waals surface area contributed by atoms with Crippen molar-refractivity contribution >= 4 is 24.0 Å². The Kier molecular flexibility index (Phi) is 6.57. The minimum Gasteiger partial charge on any atom is -0.491 e. The Morgan fingerprint density at radius 1 is 1.44 bits per heavy atom. The number of carbonyl (C=O) groups excluding carboxylic acids is 1. The topological polar surface area (TPSA) is 64.3 Å². The lowest BCUT2D eigenvalue weighted by atomic mass is 10.1. The van der Waals surface area contributed by atoms with E-state index in [4.69, 9.17) is 5.73 Å². The average Bonchev–Trinajstić information content (AvgIpc) is 2.27. The standard InChI is InChI=1S/C11H14F2N2O2.ClH/c1-6(5-14)11(16)15-7-3-8(12)10(17-2)9(13)4-7;/h3-4,6H,5,14H2,1-2H3,(H,15,16);1H. The summed E-state index contributed by atoms with van der Waals surface area (Å²) in [6.45, 7) is 1.78. The van der Waals surface area contributed by atoms with Gasteiger partial charge in [0.1, 0.15) is 0 Å². The summed E-state index contributed by atoms with van der Waals surface area (Å²) in [6, 6.07) is 1.98. The fraction of sp³-hybridized carbons (Fsp3) is 0.364. The number of benzene rings is 1. The molecule has 3 N–H and O–H groups in total. The van der Waals surface area contributed by atoms with Gasteiger partial charge in [-0.2, -0.15) is 0 Å². The van der Waals surface area contributed by atoms with Gasteiger partial charge in [-0.1, -0.05) is 6.92 Å². The monoisotopic (exact) mass is 280 g/mol. The minimum atomic E-state index is -0.872. The summed E-state index contributed by atoms with van der Waals surface area (Å²) in [4.78, 5) is 11.5. The van der Waals surface area contributed by atoms with Crippen LogP contribution in [0.4, 0.5) is 14.5 Å². The van der Waals surface area contributed by atoms with E-state index in [-0.39, 0.29) is 24.6 Å². The number of rotatable bonds is 4. The van der Waals surface area contributed by atoms with Gasteiger partial charge in [0.25, 0.3) is 0 Å². The van der Waals surface area contributed by atoms with Crippen molar-refractivity contribution in [2.24, 2.45) is 11.7 Å². The first kappa shape index (κ1) is 16.6. The molecule has 0 aliphatic rings. The van der Waals surface area contributed by atoms with Gasteiger partial charge in [0.05, 0.1) is 7.11 Å². The lowest BCUT2D eigenvalue weighted by molar-refractivity contribution is -0.119. The van der Waals surface area contributed by atoms with Gasteiger partial charge in [-0.25, -0.2) is 8.78 Å². The molecule has 0 saturated carbocycles. The molecule has 0 aromatic heterocycles. The summed E-state index contributed by atoms with van der Waals surface area (Å²) in [6.07, 6.45) is 0. The van der Waals surface area contributed by atoms with Crippen LogP contribution in [0.2, 0.25) is 0 Å². The normalized spacial score (nSPS) is 11.4. The van der Waals surface area contributed by atoms with Crippen LogP contribution in [-0.2, 0) is 4.79 Å². The Bertz CT molecular complexity index is 406. The van der Waals surface area contributed by atoms with E-state index < -0.39 is 29.2 Å². The summed E-state index contributed by atoms with van der Waals surface area (Å²) in [7, 11) is 1.16. The Morgan fingerprint density at radius 3 is 2.33 bits per heavy atom. The molecule has 1 aromatic carbocycles. The maximum absolute atomic E-state index is 13.3. The highest BCUT2D eigenvalue weighted by molar-refractivity contribution is 5.92. The average molecular weight is 281 g/mol. The number of halogens is 3. The predicted molar refractivity (Wildman–Crippen MR) is 67.0 cm³/mol. The first-order chi connectivity index (χ1) is 7.99. The highest BCUT2D eigenvalue weighted by Gasteiger charge is 2.15. The fourth-order valence-corrected chi connectivity index (χ4v) is 1.20. The van der Waals surface area contributed by atoms with Gasteiger partial charge in [-0.3, -0.25) is 4.79 Å². The van der Waals surface area contributed by atoms with E-state index in [0.29, 0.717) is 0 Å². The number of nitrogens with two attached hydrogens (primary N) is 1. The lowest BCUT2D eigenvalue weighted by Crippen LogP contribution is -2.26. The van der Waals surface area contributed by atoms with E-state index >= 15 is 0 Å². The third-order valence-corrected chi connectivity index (χ3v) is 2.27. The molecule has 7 heteroatoms. The van der Waals surface area contributed by atoms with Crippen LogP contribution in [0.5, 0.6) is 5.75 Å². The Morgan fingerprint density at radius 2 is 1.94 bits per heavy atom. The number of hydrogen-bond acceptors (Lipinski definition) is 3. The van der Waals surface area contributed by atoms with Crippen molar-refractivity contribution in [2.75, 3.05) is 19.0 Å². The number of carbonyl (C=O) groups is 1. The van der Waals surface area contributed by atoms with Gasteiger partial charge in [-0.15, -0.1) is 12.4 Å². The fourth-order valence-electron chi connectivity index (χ4n) is 1.20. The van der Waals surface area contributed by atoms with Crippen LogP contribution in [0, 0.1) is 17.6 Å². The molecule has 0 radical (unpaired) electrons. The third-order valence-electron chi connectivity index (χ3n) is 2.27. The van der Waals surface area contributed by atoms with E-state index in [1.54, 1.807) is 6.92 Å². The Balaban J connectivity index is 0.00000289. The molecule has 0 aliphatic heterocycles. The van der Waals surface area contributed by atoms with Crippen LogP contribution >= 0.6 is 12.4 Å². The second kappa shape index (κ2) is 7.13. The largest absolute Gasteiger partial charge is 0.491 e. The molecule has 1 rings (SSSR count). The van der Waals surface area contributed by atoms with Crippen LogP contribution in [0.25, 0.3) is 0 Å². The highest BCUT2D eigenvalue weighted by atomic mass is 35.5. The summed E-state index contributed by atoms with van der Waals surface area (Å²) in [5, 5.41) is 2.37. The number of nitrogens with one attached hydrogen (secondary N) is 1. The molecule has 4 nitrogen and oxygen atoms in total. The lowest BCUT2D eigenvalue weighted by Gasteiger charge is -2.11. The molecular formula is C11H15ClF2N2O2. The van der Waals surface area contributed by atoms with Crippen molar-refractivity contribution in [3.05, 3.63) is 23.8 Å². The predicted octanol–water partition coefficient (Wildman–Crippen LogP) is 1.93. The van der Waals surface area contributed by atoms with E-state index in [0.717, 1.165) is 19.2 Å². The van der Waals surface area contributed by atoms with Crippen molar-refractivity contribution in [1.29, 1.82) is 0 Å². The quantitative estimate of drug-likeness (QED) is 0.886. The Hall–Kier alpha value is -1.40. The van der Waals surface area contributed by atoms with E-state index in [9.17, 15) is 13.6 Å². The molecule has 18 heavy (non-hydrogen) atoms. The van der Waals surface area contributed by atoms with Crippen molar-refractivity contribution in [3.8, 4) is 5.75 Å². The minimum absolute atomic E-state index is 0. The number of amides is 1. The third kappa shape index (κ3) is 3.82. The molecule has 1 aromatic rings. The zero-order valence-electron chi connectivity index (χ0n) is 10.00. The van der Waals surface area contributed by atoms with Crippen LogP contribution in [0.1, 0.15) is 6.92 Å². The molecule has 0 saturated heterocycles. The van der Waals surface area contributed by atoms with Crippen LogP contribution < -0.4 is 15.8 Å². The van der Waals surface area contributed by atoms with Crippen LogP contribution in [-0.4, -0.2) is 19.6 Å². The van der Waals surface area contributed by atoms with Crippen molar-refractivity contribution in [1.82, 2.24) is 0 Å². The van der Waals surface area contributed by atoms with Gasteiger partial charge in [0.15, 0.2) is 17.4 Å². The summed E-state index contributed by atoms with van der Waals surface area (Å²) in [5.74, 6) is -3.04. The van der Waals surface area contributed by atoms with Crippen molar-refractivity contribution < 1.29 is 18.3 Å². The molecule has 1 atom stereocenters. The first-order valence-corrected chi connectivity index (χ1v) is 5.03. The molecule has 0 aliphatic carbocycles. The number of ether oxygens (including phenoxy) is 1. The zero-order chi connectivity index (χ0) is 13.0. The second-order valence-corrected chi connectivity index (χ2v) is 3.60. The van der Waals surface area contributed by atoms with Crippen LogP contribution in [0.3, 0.4) is 0 Å². The molecule has 0 spiro atoms. The van der Waals surface area contributed by atoms with Gasteiger partial charge in [0.2, 0.25) is 5.91 Å². The van der Waals surface area contributed by atoms with E-state index in [1.165, 1.54) is 0 Å².